The van der Waals surface area contributed by atoms with E-state index in [1.54, 1.807) is 0 Å². The van der Waals surface area contributed by atoms with E-state index in [-0.39, 0.29) is 10.9 Å². The number of aliphatic hydroxyl groups excluding tert-OH is 2. The van der Waals surface area contributed by atoms with Crippen LogP contribution in [0.1, 0.15) is 11.8 Å². The Balaban J connectivity index is 1.64. The summed E-state index contributed by atoms with van der Waals surface area (Å²) in [5.41, 5.74) is 8.21. The van der Waals surface area contributed by atoms with Crippen molar-refractivity contribution >= 4 is 62.8 Å². The fraction of sp³-hybridized carbons (Fsp3) is 0.333. The van der Waals surface area contributed by atoms with Gasteiger partial charge in [-0.2, -0.15) is 9.97 Å². The maximum absolute atomic E-state index is 11.9. The number of nitrogens with two attached hydrogens (primary N) is 1. The van der Waals surface area contributed by atoms with Crippen molar-refractivity contribution < 1.29 is 19.7 Å². The molecule has 3 aromatic rings. The molecular weight excluding hydrogens is 541 g/mol. The molecule has 31 heavy (non-hydrogen) atoms. The lowest BCUT2D eigenvalue weighted by atomic mass is 10.1. The molecule has 4 atom stereocenters. The third-order valence-corrected chi connectivity index (χ3v) is 6.04. The number of likely N-dealkylation sites (N-methyl/N-ethyl adjacent to an activating group) is 1. The monoisotopic (exact) mass is 559 g/mol. The van der Waals surface area contributed by atoms with Crippen molar-refractivity contribution in [3.8, 4) is 0 Å². The normalized spacial score (nSPS) is 23.3. The van der Waals surface area contributed by atoms with Crippen molar-refractivity contribution in [1.82, 2.24) is 24.8 Å². The first kappa shape index (κ1) is 22.0. The van der Waals surface area contributed by atoms with E-state index in [1.807, 2.05) is 18.2 Å². The predicted molar refractivity (Wildman–Crippen MR) is 121 cm³/mol. The molecule has 1 aromatic carbocycles. The molecule has 0 unspecified atom stereocenters. The third-order valence-electron chi connectivity index (χ3n) is 4.94. The van der Waals surface area contributed by atoms with E-state index in [4.69, 9.17) is 22.1 Å². The number of nitrogens with zero attached hydrogens (tertiary/aromatic N) is 4. The molecule has 0 bridgehead atoms. The molecule has 2 aromatic heterocycles. The smallest absolute Gasteiger partial charge is 0.251 e. The largest absolute Gasteiger partial charge is 0.398 e. The van der Waals surface area contributed by atoms with Gasteiger partial charge in [-0.25, -0.2) is 4.98 Å². The third kappa shape index (κ3) is 4.13. The van der Waals surface area contributed by atoms with Gasteiger partial charge in [0.15, 0.2) is 29.3 Å². The van der Waals surface area contributed by atoms with E-state index in [1.165, 1.54) is 17.9 Å². The Morgan fingerprint density at radius 2 is 2.13 bits per heavy atom. The van der Waals surface area contributed by atoms with Crippen LogP contribution >= 0.6 is 34.2 Å². The van der Waals surface area contributed by atoms with Crippen molar-refractivity contribution in [3.63, 3.8) is 0 Å². The zero-order valence-electron chi connectivity index (χ0n) is 16.2. The highest BCUT2D eigenvalue weighted by atomic mass is 127. The Morgan fingerprint density at radius 1 is 1.35 bits per heavy atom. The van der Waals surface area contributed by atoms with Crippen LogP contribution in [0.5, 0.6) is 0 Å². The zero-order valence-corrected chi connectivity index (χ0v) is 19.1. The Kier molecular flexibility index (Phi) is 6.16. The molecule has 1 aliphatic heterocycles. The van der Waals surface area contributed by atoms with Gasteiger partial charge < -0.3 is 31.3 Å². The molecule has 1 fully saturated rings. The molecule has 1 amide bonds. The summed E-state index contributed by atoms with van der Waals surface area (Å²) in [6.45, 7) is 0.436. The van der Waals surface area contributed by atoms with Crippen LogP contribution in [0.25, 0.3) is 11.2 Å². The van der Waals surface area contributed by atoms with Crippen LogP contribution in [-0.2, 0) is 16.1 Å². The van der Waals surface area contributed by atoms with E-state index in [9.17, 15) is 15.0 Å². The molecule has 1 saturated heterocycles. The van der Waals surface area contributed by atoms with E-state index < -0.39 is 30.4 Å². The second kappa shape index (κ2) is 8.70. The fourth-order valence-electron chi connectivity index (χ4n) is 3.31. The second-order valence-corrected chi connectivity index (χ2v) is 8.42. The second-order valence-electron chi connectivity index (χ2n) is 6.92. The van der Waals surface area contributed by atoms with E-state index in [2.05, 4.69) is 48.2 Å². The number of hydrogen-bond acceptors (Lipinski definition) is 9. The Labute approximate surface area is 195 Å². The number of benzene rings is 1. The number of nitrogens with one attached hydrogen (secondary N) is 2. The maximum Gasteiger partial charge on any atom is 0.251 e. The molecule has 1 aliphatic rings. The summed E-state index contributed by atoms with van der Waals surface area (Å²) in [6.07, 6.45) is -3.71. The topological polar surface area (TPSA) is 160 Å². The van der Waals surface area contributed by atoms with Gasteiger partial charge in [0.25, 0.3) is 5.91 Å². The Bertz CT molecular complexity index is 1140. The summed E-state index contributed by atoms with van der Waals surface area (Å²) in [5.74, 6) is -0.164. The molecule has 164 valence electrons. The van der Waals surface area contributed by atoms with Gasteiger partial charge in [-0.1, -0.05) is 6.07 Å². The number of hydrogen-bond donors (Lipinski definition) is 5. The molecule has 0 radical (unpaired) electrons. The van der Waals surface area contributed by atoms with Crippen molar-refractivity contribution in [1.29, 1.82) is 0 Å². The number of anilines is 2. The lowest BCUT2D eigenvalue weighted by Crippen LogP contribution is -2.41. The number of aliphatic hydroxyl groups is 2. The molecule has 6 N–H and O–H groups in total. The van der Waals surface area contributed by atoms with Gasteiger partial charge in [-0.3, -0.25) is 9.36 Å². The van der Waals surface area contributed by atoms with Gasteiger partial charge >= 0.3 is 0 Å². The average molecular weight is 560 g/mol. The summed E-state index contributed by atoms with van der Waals surface area (Å²) < 4.78 is 7.95. The van der Waals surface area contributed by atoms with E-state index in [0.717, 1.165) is 9.13 Å². The van der Waals surface area contributed by atoms with Gasteiger partial charge in [0.05, 0.1) is 6.33 Å². The van der Waals surface area contributed by atoms with E-state index in [0.29, 0.717) is 23.6 Å². The lowest BCUT2D eigenvalue weighted by molar-refractivity contribution is -0.137. The molecule has 0 aliphatic carbocycles. The van der Waals surface area contributed by atoms with Crippen molar-refractivity contribution in [2.45, 2.75) is 31.1 Å². The number of carbonyl (C=O) groups is 1. The van der Waals surface area contributed by atoms with Crippen molar-refractivity contribution in [2.24, 2.45) is 0 Å². The predicted octanol–water partition coefficient (Wildman–Crippen LogP) is 0.644. The Morgan fingerprint density at radius 3 is 2.84 bits per heavy atom. The van der Waals surface area contributed by atoms with Crippen LogP contribution in [0.2, 0.25) is 5.28 Å². The van der Waals surface area contributed by atoms with Gasteiger partial charge in [0.1, 0.15) is 12.2 Å². The van der Waals surface area contributed by atoms with Gasteiger partial charge in [-0.15, -0.1) is 0 Å². The van der Waals surface area contributed by atoms with Gasteiger partial charge in [-0.05, 0) is 51.9 Å². The first-order chi connectivity index (χ1) is 14.8. The minimum Gasteiger partial charge on any atom is -0.398 e. The van der Waals surface area contributed by atoms with Crippen LogP contribution in [0.4, 0.5) is 11.5 Å². The number of aromatic nitrogens is 4. The molecule has 0 saturated carbocycles. The summed E-state index contributed by atoms with van der Waals surface area (Å²) >= 11 is 8.28. The number of fused-ring (bicyclic) bond motifs is 1. The highest BCUT2D eigenvalue weighted by Crippen LogP contribution is 2.33. The van der Waals surface area contributed by atoms with Crippen molar-refractivity contribution in [2.75, 3.05) is 18.1 Å². The Hall–Kier alpha value is -2.26. The highest BCUT2D eigenvalue weighted by molar-refractivity contribution is 14.1. The first-order valence-electron chi connectivity index (χ1n) is 9.21. The lowest BCUT2D eigenvalue weighted by Gasteiger charge is -2.16. The summed E-state index contributed by atoms with van der Waals surface area (Å²) in [5, 5.41) is 26.2. The van der Waals surface area contributed by atoms with Gasteiger partial charge in [0.2, 0.25) is 5.28 Å². The van der Waals surface area contributed by atoms with Crippen LogP contribution in [0.3, 0.4) is 0 Å². The number of imidazole rings is 1. The molecular formula is C18H19ClIN7O4. The minimum atomic E-state index is -1.41. The molecule has 0 spiro atoms. The highest BCUT2D eigenvalue weighted by Gasteiger charge is 2.47. The molecule has 13 heteroatoms. The van der Waals surface area contributed by atoms with Crippen LogP contribution in [-0.4, -0.2) is 61.0 Å². The average Bonchev–Trinajstić information content (AvgIpc) is 3.29. The quantitative estimate of drug-likeness (QED) is 0.172. The molecule has 4 rings (SSSR count). The van der Waals surface area contributed by atoms with Crippen LogP contribution < -0.4 is 16.4 Å². The maximum atomic E-state index is 11.9. The number of rotatable bonds is 5. The number of halogens is 2. The summed E-state index contributed by atoms with van der Waals surface area (Å²) in [7, 11) is 1.41. The van der Waals surface area contributed by atoms with E-state index >= 15 is 0 Å². The molecule has 11 nitrogen and oxygen atoms in total. The zero-order chi connectivity index (χ0) is 22.3. The van der Waals surface area contributed by atoms with Gasteiger partial charge in [0, 0.05) is 22.8 Å². The summed E-state index contributed by atoms with van der Waals surface area (Å²) in [6, 6.07) is 5.67. The fourth-order valence-corrected chi connectivity index (χ4v) is 4.06. The minimum absolute atomic E-state index is 0.0421. The number of nitrogen functional groups attached to an aromatic ring is 1. The summed E-state index contributed by atoms with van der Waals surface area (Å²) in [4.78, 5) is 24.7. The SMILES string of the molecule is CNC(=O)[C@H]1O[C@@H](n2cnc3c(NCc4ccc(N)c(I)c4)nc(Cl)nc32)[C@H](O)[C@@H]1O. The standard InChI is InChI=1S/C18H19ClIN7O4/c1-22-16(30)13-11(28)12(29)17(31-13)27-6-24-10-14(25-18(19)26-15(10)27)23-5-7-2-3-9(21)8(20)4-7/h2-4,6,11-13,17,28-29H,5,21H2,1H3,(H,22,30)(H,23,25,26)/t11-,12+,13-,17+/m0/s1. The number of ether oxygens (including phenoxy) is 1. The number of amides is 1. The number of carbonyl (C=O) groups excluding carboxylic acids is 1. The molecule has 3 heterocycles. The van der Waals surface area contributed by atoms with Crippen LogP contribution in [0.15, 0.2) is 24.5 Å². The first-order valence-corrected chi connectivity index (χ1v) is 10.7. The van der Waals surface area contributed by atoms with Crippen molar-refractivity contribution in [3.05, 3.63) is 38.9 Å². The van der Waals surface area contributed by atoms with Crippen LogP contribution in [0, 0.1) is 3.57 Å².